The van der Waals surface area contributed by atoms with Gasteiger partial charge < -0.3 is 9.80 Å². The molecule has 0 bridgehead atoms. The number of pyridine rings is 1. The molecule has 1 amide bonds. The predicted octanol–water partition coefficient (Wildman–Crippen LogP) is 3.61. The van der Waals surface area contributed by atoms with Gasteiger partial charge in [-0.1, -0.05) is 6.07 Å². The van der Waals surface area contributed by atoms with E-state index < -0.39 is 38.3 Å². The molecule has 3 saturated heterocycles. The number of benzene rings is 2. The maximum atomic E-state index is 15.2. The van der Waals surface area contributed by atoms with Crippen molar-refractivity contribution in [3.8, 4) is 11.3 Å². The number of aromatic nitrogens is 1. The molecule has 0 radical (unpaired) electrons. The Kier molecular flexibility index (Phi) is 5.82. The molecule has 0 N–H and O–H groups in total. The zero-order valence-corrected chi connectivity index (χ0v) is 21.9. The monoisotopic (exact) mass is 544 g/mol. The molecule has 1 spiro atoms. The lowest BCUT2D eigenvalue weighted by Crippen LogP contribution is -2.72. The molecule has 1 atom stereocenters. The van der Waals surface area contributed by atoms with Gasteiger partial charge in [0.05, 0.1) is 21.7 Å². The molecule has 3 aromatic rings. The van der Waals surface area contributed by atoms with Crippen LogP contribution < -0.4 is 0 Å². The van der Waals surface area contributed by atoms with E-state index in [1.165, 1.54) is 6.07 Å². The van der Waals surface area contributed by atoms with Gasteiger partial charge in [0.25, 0.3) is 5.91 Å². The summed E-state index contributed by atoms with van der Waals surface area (Å²) in [5.41, 5.74) is 1.28. The second-order valence-electron chi connectivity index (χ2n) is 10.9. The summed E-state index contributed by atoms with van der Waals surface area (Å²) >= 11 is 0. The number of halogens is 3. The molecule has 3 aliphatic rings. The van der Waals surface area contributed by atoms with Gasteiger partial charge in [-0.25, -0.2) is 26.6 Å². The highest BCUT2D eigenvalue weighted by molar-refractivity contribution is 7.89. The van der Waals surface area contributed by atoms with Gasteiger partial charge in [0.2, 0.25) is 10.0 Å². The minimum atomic E-state index is -4.24. The molecule has 7 nitrogen and oxygen atoms in total. The smallest absolute Gasteiger partial charge is 0.253 e. The number of aryl methyl sites for hydroxylation is 1. The second kappa shape index (κ2) is 8.75. The average molecular weight is 545 g/mol. The van der Waals surface area contributed by atoms with Crippen molar-refractivity contribution in [3.63, 3.8) is 0 Å². The Morgan fingerprint density at radius 3 is 2.34 bits per heavy atom. The van der Waals surface area contributed by atoms with Gasteiger partial charge in [-0.2, -0.15) is 4.31 Å². The van der Waals surface area contributed by atoms with Crippen LogP contribution in [0, 0.1) is 24.0 Å². The van der Waals surface area contributed by atoms with Gasteiger partial charge in [0.15, 0.2) is 0 Å². The highest BCUT2D eigenvalue weighted by Crippen LogP contribution is 2.39. The van der Waals surface area contributed by atoms with Crippen molar-refractivity contribution in [2.45, 2.75) is 24.4 Å². The summed E-state index contributed by atoms with van der Waals surface area (Å²) < 4.78 is 70.5. The number of sulfonamides is 1. The number of amides is 1. The first-order chi connectivity index (χ1) is 18.0. The van der Waals surface area contributed by atoms with Crippen LogP contribution in [-0.4, -0.2) is 85.9 Å². The average Bonchev–Trinajstić information content (AvgIpc) is 3.26. The number of rotatable bonds is 4. The first-order valence-electron chi connectivity index (χ1n) is 12.5. The molecule has 11 heteroatoms. The number of hydrogen-bond acceptors (Lipinski definition) is 5. The lowest BCUT2D eigenvalue weighted by atomic mass is 9.73. The Labute approximate surface area is 218 Å². The fraction of sp³-hybridized carbons (Fsp3) is 0.407. The zero-order chi connectivity index (χ0) is 27.0. The number of hydrogen-bond donors (Lipinski definition) is 0. The van der Waals surface area contributed by atoms with E-state index in [4.69, 9.17) is 0 Å². The van der Waals surface area contributed by atoms with Crippen LogP contribution in [0.4, 0.5) is 13.2 Å². The molecule has 38 heavy (non-hydrogen) atoms. The van der Waals surface area contributed by atoms with E-state index in [0.29, 0.717) is 29.7 Å². The molecule has 0 aliphatic carbocycles. The molecule has 1 aromatic heterocycles. The third-order valence-corrected chi connectivity index (χ3v) is 9.66. The fourth-order valence-electron chi connectivity index (χ4n) is 6.05. The van der Waals surface area contributed by atoms with E-state index >= 15 is 8.78 Å². The van der Waals surface area contributed by atoms with Crippen molar-refractivity contribution in [1.29, 1.82) is 0 Å². The van der Waals surface area contributed by atoms with E-state index in [0.717, 1.165) is 34.9 Å². The molecular formula is C27H27F3N4O3S. The van der Waals surface area contributed by atoms with Crippen LogP contribution in [0.15, 0.2) is 41.3 Å². The molecule has 0 unspecified atom stereocenters. The molecular weight excluding hydrogens is 517 g/mol. The van der Waals surface area contributed by atoms with E-state index in [1.54, 1.807) is 30.0 Å². The Morgan fingerprint density at radius 1 is 1.05 bits per heavy atom. The predicted molar refractivity (Wildman–Crippen MR) is 136 cm³/mol. The van der Waals surface area contributed by atoms with Gasteiger partial charge in [-0.05, 0) is 56.3 Å². The van der Waals surface area contributed by atoms with Crippen LogP contribution in [0.2, 0.25) is 0 Å². The number of alkyl halides is 1. The van der Waals surface area contributed by atoms with Crippen LogP contribution in [0.3, 0.4) is 0 Å². The Hall–Kier alpha value is -3.02. The van der Waals surface area contributed by atoms with E-state index in [1.807, 2.05) is 0 Å². The lowest BCUT2D eigenvalue weighted by Gasteiger charge is -2.59. The molecule has 200 valence electrons. The maximum Gasteiger partial charge on any atom is 0.253 e. The van der Waals surface area contributed by atoms with Crippen LogP contribution in [0.5, 0.6) is 0 Å². The van der Waals surface area contributed by atoms with Crippen molar-refractivity contribution >= 4 is 26.8 Å². The van der Waals surface area contributed by atoms with Crippen molar-refractivity contribution in [1.82, 2.24) is 19.1 Å². The fourth-order valence-corrected chi connectivity index (χ4v) is 7.56. The number of nitrogens with zero attached hydrogens (tertiary/aromatic N) is 4. The number of fused-ring (bicyclic) bond motifs is 1. The van der Waals surface area contributed by atoms with Gasteiger partial charge in [-0.15, -0.1) is 0 Å². The SMILES string of the molecule is Cc1cc(-c2c(F)cc(S(=O)(=O)N3CC[C@H](F)C3)cc2F)nc2cc(C(=O)N3CC4(CN(C)C4)C3)ccc12. The first-order valence-corrected chi connectivity index (χ1v) is 13.9. The molecule has 6 rings (SSSR count). The van der Waals surface area contributed by atoms with Crippen LogP contribution in [-0.2, 0) is 10.0 Å². The third-order valence-electron chi connectivity index (χ3n) is 7.82. The third kappa shape index (κ3) is 4.07. The Balaban J connectivity index is 1.32. The van der Waals surface area contributed by atoms with Gasteiger partial charge in [0, 0.05) is 55.6 Å². The molecule has 4 heterocycles. The standard InChI is InChI=1S/C27H27F3N4O3S/c1-16-7-24(25-21(29)9-19(10-22(25)30)38(36,37)34-6-5-18(28)11-34)31-23-8-17(3-4-20(16)23)26(35)33-14-27(15-33)12-32(2)13-27/h3-4,7-10,18H,5-6,11-15H2,1-2H3/t18-/m0/s1. The summed E-state index contributed by atoms with van der Waals surface area (Å²) in [7, 11) is -2.19. The van der Waals surface area contributed by atoms with Crippen LogP contribution in [0.1, 0.15) is 22.3 Å². The Bertz CT molecular complexity index is 1560. The van der Waals surface area contributed by atoms with Crippen LogP contribution >= 0.6 is 0 Å². The molecule has 3 aliphatic heterocycles. The van der Waals surface area contributed by atoms with Gasteiger partial charge in [-0.3, -0.25) is 4.79 Å². The minimum absolute atomic E-state index is 0.0102. The zero-order valence-electron chi connectivity index (χ0n) is 21.0. The maximum absolute atomic E-state index is 15.2. The highest BCUT2D eigenvalue weighted by Gasteiger charge is 2.51. The number of carbonyl (C=O) groups is 1. The topological polar surface area (TPSA) is 73.8 Å². The quantitative estimate of drug-likeness (QED) is 0.502. The summed E-state index contributed by atoms with van der Waals surface area (Å²) in [6.45, 7) is 4.75. The summed E-state index contributed by atoms with van der Waals surface area (Å²) in [6.07, 6.45) is -1.26. The summed E-state index contributed by atoms with van der Waals surface area (Å²) in [5, 5.41) is 0.737. The summed E-state index contributed by atoms with van der Waals surface area (Å²) in [5.74, 6) is -2.29. The van der Waals surface area contributed by atoms with Crippen molar-refractivity contribution < 1.29 is 26.4 Å². The summed E-state index contributed by atoms with van der Waals surface area (Å²) in [4.78, 5) is 21.0. The van der Waals surface area contributed by atoms with Crippen molar-refractivity contribution in [2.24, 2.45) is 5.41 Å². The van der Waals surface area contributed by atoms with E-state index in [9.17, 15) is 17.6 Å². The Morgan fingerprint density at radius 2 is 1.74 bits per heavy atom. The number of carbonyl (C=O) groups excluding carboxylic acids is 1. The largest absolute Gasteiger partial charge is 0.337 e. The van der Waals surface area contributed by atoms with Gasteiger partial charge in [0.1, 0.15) is 17.8 Å². The highest BCUT2D eigenvalue weighted by atomic mass is 32.2. The first kappa shape index (κ1) is 25.3. The van der Waals surface area contributed by atoms with E-state index in [2.05, 4.69) is 16.9 Å². The minimum Gasteiger partial charge on any atom is -0.337 e. The molecule has 2 aromatic carbocycles. The molecule has 3 fully saturated rings. The molecule has 0 saturated carbocycles. The van der Waals surface area contributed by atoms with Crippen LogP contribution in [0.25, 0.3) is 22.2 Å². The second-order valence-corrected chi connectivity index (χ2v) is 12.8. The van der Waals surface area contributed by atoms with Crippen molar-refractivity contribution in [3.05, 3.63) is 59.2 Å². The van der Waals surface area contributed by atoms with E-state index in [-0.39, 0.29) is 36.5 Å². The lowest BCUT2D eigenvalue weighted by molar-refractivity contribution is -0.0871. The van der Waals surface area contributed by atoms with Gasteiger partial charge >= 0.3 is 0 Å². The van der Waals surface area contributed by atoms with Crippen molar-refractivity contribution in [2.75, 3.05) is 46.3 Å². The normalized spacial score (nSPS) is 21.6. The number of likely N-dealkylation sites (tertiary alicyclic amines) is 2. The summed E-state index contributed by atoms with van der Waals surface area (Å²) in [6, 6.07) is 8.16.